The van der Waals surface area contributed by atoms with Crippen LogP contribution in [0.25, 0.3) is 33.5 Å². The van der Waals surface area contributed by atoms with Gasteiger partial charge < -0.3 is 14.2 Å². The second-order valence-electron chi connectivity index (χ2n) is 22.2. The number of benzene rings is 4. The van der Waals surface area contributed by atoms with Crippen LogP contribution in [-0.4, -0.2) is 48.0 Å². The lowest BCUT2D eigenvalue weighted by Crippen LogP contribution is -2.24. The molecule has 2 heterocycles. The molecule has 0 atom stereocenters. The van der Waals surface area contributed by atoms with Crippen LogP contribution in [0.2, 0.25) is 0 Å². The van der Waals surface area contributed by atoms with Gasteiger partial charge in [-0.3, -0.25) is 14.8 Å². The van der Waals surface area contributed by atoms with Gasteiger partial charge in [-0.1, -0.05) is 166 Å². The quantitative estimate of drug-likeness (QED) is 0.0360. The van der Waals surface area contributed by atoms with Crippen LogP contribution in [0.3, 0.4) is 0 Å². The number of carbonyl (C=O) groups is 1. The minimum Gasteiger partial charge on any atom is -0.462 e. The van der Waals surface area contributed by atoms with Gasteiger partial charge in [0, 0.05) is 49.9 Å². The van der Waals surface area contributed by atoms with E-state index in [1.165, 1.54) is 145 Å². The summed E-state index contributed by atoms with van der Waals surface area (Å²) >= 11 is 0. The van der Waals surface area contributed by atoms with Crippen molar-refractivity contribution < 1.29 is 19.0 Å². The maximum Gasteiger partial charge on any atom is 0.306 e. The van der Waals surface area contributed by atoms with E-state index in [9.17, 15) is 4.79 Å². The molecule has 0 unspecified atom stereocenters. The number of unbranched alkanes of at least 4 members (excludes halogenated alkanes) is 7. The second-order valence-corrected chi connectivity index (χ2v) is 22.2. The Kier molecular flexibility index (Phi) is 25.3. The van der Waals surface area contributed by atoms with Gasteiger partial charge in [-0.05, 0) is 192 Å². The Morgan fingerprint density at radius 3 is 1.64 bits per heavy atom. The van der Waals surface area contributed by atoms with Crippen LogP contribution in [0.1, 0.15) is 188 Å². The predicted molar refractivity (Wildman–Crippen MR) is 317 cm³/mol. The van der Waals surface area contributed by atoms with Crippen molar-refractivity contribution >= 4 is 5.97 Å². The van der Waals surface area contributed by atoms with Gasteiger partial charge >= 0.3 is 5.97 Å². The van der Waals surface area contributed by atoms with Crippen LogP contribution in [-0.2, 0) is 38.3 Å². The topological polar surface area (TPSA) is 70.5 Å². The van der Waals surface area contributed by atoms with E-state index in [-0.39, 0.29) is 12.1 Å². The van der Waals surface area contributed by atoms with Crippen molar-refractivity contribution in [2.45, 2.75) is 200 Å². The highest BCUT2D eigenvalue weighted by Crippen LogP contribution is 2.35. The largest absolute Gasteiger partial charge is 0.462 e. The molecule has 0 bridgehead atoms. The van der Waals surface area contributed by atoms with Crippen molar-refractivity contribution in [2.24, 2.45) is 5.92 Å². The number of pyridine rings is 2. The van der Waals surface area contributed by atoms with E-state index in [4.69, 9.17) is 24.2 Å². The maximum absolute atomic E-state index is 12.0. The fraction of sp³-hybridized carbons (Fsp3) is 0.500. The Bertz CT molecular complexity index is 2490. The minimum absolute atomic E-state index is 0.00519. The number of hydrogen-bond acceptors (Lipinski definition) is 6. The lowest BCUT2D eigenvalue weighted by Gasteiger charge is -2.28. The molecule has 2 saturated carbocycles. The number of esters is 1. The zero-order valence-corrected chi connectivity index (χ0v) is 47.1. The fourth-order valence-electron chi connectivity index (χ4n) is 10.9. The van der Waals surface area contributed by atoms with Gasteiger partial charge in [0.25, 0.3) is 0 Å². The highest BCUT2D eigenvalue weighted by atomic mass is 16.5. The Hall–Kier alpha value is -5.43. The Balaban J connectivity index is 0.000000221. The van der Waals surface area contributed by atoms with E-state index in [0.29, 0.717) is 18.4 Å². The van der Waals surface area contributed by atoms with Crippen LogP contribution < -0.4 is 0 Å². The highest BCUT2D eigenvalue weighted by molar-refractivity contribution is 5.70. The molecule has 6 aromatic rings. The average molecular weight is 1030 g/mol. The van der Waals surface area contributed by atoms with Crippen LogP contribution in [0, 0.1) is 19.8 Å². The first-order chi connectivity index (χ1) is 37.3. The monoisotopic (exact) mass is 1020 g/mol. The summed E-state index contributed by atoms with van der Waals surface area (Å²) in [5.74, 6) is 1.36. The van der Waals surface area contributed by atoms with Crippen molar-refractivity contribution in [2.75, 3.05) is 19.8 Å². The molecule has 4 aromatic carbocycles. The molecule has 2 aliphatic rings. The number of carbonyl (C=O) groups excluding carboxylic acids is 1. The van der Waals surface area contributed by atoms with E-state index in [1.54, 1.807) is 0 Å². The molecule has 6 heteroatoms. The molecule has 2 aromatic heterocycles. The van der Waals surface area contributed by atoms with E-state index >= 15 is 0 Å². The molecule has 0 saturated heterocycles. The minimum atomic E-state index is 0.00519. The van der Waals surface area contributed by atoms with Crippen LogP contribution in [0.15, 0.2) is 134 Å². The smallest absolute Gasteiger partial charge is 0.306 e. The molecule has 0 aliphatic heterocycles. The van der Waals surface area contributed by atoms with E-state index in [0.717, 1.165) is 95.6 Å². The molecule has 0 spiro atoms. The molecule has 406 valence electrons. The standard InChI is InChI=1S/C36H47NO2.C34H45NO2/c1-3-4-5-10-36(38)39-35-25-18-30(19-26-35)13-14-31-17-24-34(37-27-31)9-7-6-8-29-15-22-33(23-16-29)32-20-11-28(2)12-21-32;1-3-4-23-36-24-7-5-6-8-25-37-33-20-17-30(18-21-33)32-19-22-34(35-26-32)31-15-13-29(14-16-31)28-11-9-27(2)10-12-28/h11-12,15-17,20-24,27,30,35H,3-10,13-14,18-19,25-26H2,1-2H3;9-16,19,22,26,30,33H,3-8,17-18,20-21,23-25H2,1-2H3. The Labute approximate surface area is 459 Å². The molecule has 0 N–H and O–H groups in total. The van der Waals surface area contributed by atoms with E-state index < -0.39 is 0 Å². The average Bonchev–Trinajstić information content (AvgIpc) is 3.46. The Morgan fingerprint density at radius 1 is 0.474 bits per heavy atom. The first-order valence-electron chi connectivity index (χ1n) is 29.9. The third kappa shape index (κ3) is 20.5. The summed E-state index contributed by atoms with van der Waals surface area (Å²) in [4.78, 5) is 21.6. The molecular formula is C70H92N2O4. The zero-order chi connectivity index (χ0) is 53.0. The van der Waals surface area contributed by atoms with Gasteiger partial charge in [0.1, 0.15) is 6.10 Å². The number of hydrogen-bond donors (Lipinski definition) is 0. The van der Waals surface area contributed by atoms with Gasteiger partial charge in [-0.15, -0.1) is 0 Å². The van der Waals surface area contributed by atoms with Gasteiger partial charge in [0.15, 0.2) is 0 Å². The molecule has 8 rings (SSSR count). The second kappa shape index (κ2) is 33.0. The van der Waals surface area contributed by atoms with Gasteiger partial charge in [0.05, 0.1) is 11.8 Å². The third-order valence-corrected chi connectivity index (χ3v) is 16.0. The third-order valence-electron chi connectivity index (χ3n) is 16.0. The van der Waals surface area contributed by atoms with Gasteiger partial charge in [-0.25, -0.2) is 0 Å². The number of rotatable bonds is 28. The van der Waals surface area contributed by atoms with Crippen molar-refractivity contribution in [3.05, 3.63) is 167 Å². The molecule has 2 aliphatic carbocycles. The number of ether oxygens (including phenoxy) is 3. The summed E-state index contributed by atoms with van der Waals surface area (Å²) in [5.41, 5.74) is 15.2. The molecule has 2 fully saturated rings. The van der Waals surface area contributed by atoms with Crippen molar-refractivity contribution in [1.82, 2.24) is 9.97 Å². The predicted octanol–water partition coefficient (Wildman–Crippen LogP) is 18.4. The molecule has 0 amide bonds. The van der Waals surface area contributed by atoms with E-state index in [2.05, 4.69) is 161 Å². The maximum atomic E-state index is 12.0. The summed E-state index contributed by atoms with van der Waals surface area (Å²) in [6.07, 6.45) is 31.8. The van der Waals surface area contributed by atoms with Crippen LogP contribution in [0.4, 0.5) is 0 Å². The van der Waals surface area contributed by atoms with Crippen LogP contribution >= 0.6 is 0 Å². The van der Waals surface area contributed by atoms with Gasteiger partial charge in [0.2, 0.25) is 0 Å². The molecular weight excluding hydrogens is 933 g/mol. The number of aryl methyl sites for hydroxylation is 5. The summed E-state index contributed by atoms with van der Waals surface area (Å²) in [5, 5.41) is 0. The summed E-state index contributed by atoms with van der Waals surface area (Å²) in [6, 6.07) is 44.2. The first-order valence-corrected chi connectivity index (χ1v) is 29.9. The van der Waals surface area contributed by atoms with Crippen molar-refractivity contribution in [3.63, 3.8) is 0 Å². The highest BCUT2D eigenvalue weighted by Gasteiger charge is 2.25. The summed E-state index contributed by atoms with van der Waals surface area (Å²) in [6.45, 7) is 11.4. The van der Waals surface area contributed by atoms with E-state index in [1.807, 2.05) is 0 Å². The number of nitrogens with zero attached hydrogens (tertiary/aromatic N) is 2. The normalized spacial score (nSPS) is 17.4. The van der Waals surface area contributed by atoms with Crippen molar-refractivity contribution in [3.8, 4) is 33.5 Å². The SMILES string of the molecule is CCCCCC(=O)OC1CCC(CCc2ccc(CCCCc3ccc(-c4ccc(C)cc4)cc3)nc2)CC1.CCCCOCCCCCCOC1CCC(c2ccc(-c3ccc(-c4ccc(C)cc4)cc3)nc2)CC1. The number of aromatic nitrogens is 2. The van der Waals surface area contributed by atoms with Crippen LogP contribution in [0.5, 0.6) is 0 Å². The molecule has 0 radical (unpaired) electrons. The Morgan fingerprint density at radius 2 is 1.04 bits per heavy atom. The molecule has 76 heavy (non-hydrogen) atoms. The lowest BCUT2D eigenvalue weighted by molar-refractivity contribution is -0.151. The summed E-state index contributed by atoms with van der Waals surface area (Å²) < 4.78 is 17.5. The molecule has 6 nitrogen and oxygen atoms in total. The zero-order valence-electron chi connectivity index (χ0n) is 47.1. The fourth-order valence-corrected chi connectivity index (χ4v) is 10.9. The van der Waals surface area contributed by atoms with Crippen molar-refractivity contribution in [1.29, 1.82) is 0 Å². The van der Waals surface area contributed by atoms with Gasteiger partial charge in [-0.2, -0.15) is 0 Å². The summed E-state index contributed by atoms with van der Waals surface area (Å²) in [7, 11) is 0. The first kappa shape index (κ1) is 58.3. The lowest BCUT2D eigenvalue weighted by atomic mass is 9.83.